The molecule has 0 aliphatic carbocycles. The summed E-state index contributed by atoms with van der Waals surface area (Å²) < 4.78 is 5.78. The van der Waals surface area contributed by atoms with E-state index in [2.05, 4.69) is 16.4 Å². The number of benzene rings is 1. The zero-order valence-electron chi connectivity index (χ0n) is 10.1. The lowest BCUT2D eigenvalue weighted by molar-refractivity contribution is 0.480. The van der Waals surface area contributed by atoms with Crippen molar-refractivity contribution in [3.63, 3.8) is 0 Å². The fraction of sp³-hybridized carbons (Fsp3) is 0.214. The molecule has 3 nitrogen and oxygen atoms in total. The summed E-state index contributed by atoms with van der Waals surface area (Å²) in [6.07, 6.45) is 1.75. The van der Waals surface area contributed by atoms with Gasteiger partial charge in [0.2, 0.25) is 0 Å². The topological polar surface area (TPSA) is 34.1 Å². The number of hydrogen-bond donors (Lipinski definition) is 1. The van der Waals surface area contributed by atoms with Crippen molar-refractivity contribution in [2.45, 2.75) is 13.5 Å². The van der Waals surface area contributed by atoms with E-state index in [1.165, 1.54) is 5.56 Å². The van der Waals surface area contributed by atoms with Gasteiger partial charge < -0.3 is 10.1 Å². The Balaban J connectivity index is 2.15. The molecule has 0 fully saturated rings. The predicted octanol–water partition coefficient (Wildman–Crippen LogP) is 2.90. The molecule has 0 atom stereocenters. The van der Waals surface area contributed by atoms with Crippen LogP contribution < -0.4 is 10.1 Å². The zero-order chi connectivity index (χ0) is 12.1. The molecule has 0 radical (unpaired) electrons. The highest BCUT2D eigenvalue weighted by atomic mass is 16.5. The molecule has 2 rings (SSSR count). The van der Waals surface area contributed by atoms with Crippen LogP contribution in [0.25, 0.3) is 0 Å². The number of nitrogens with one attached hydrogen (secondary N) is 1. The normalized spacial score (nSPS) is 10.2. The first-order valence-corrected chi connectivity index (χ1v) is 5.62. The van der Waals surface area contributed by atoms with Crippen molar-refractivity contribution >= 4 is 0 Å². The molecule has 2 aromatic rings. The zero-order valence-corrected chi connectivity index (χ0v) is 10.1. The molecule has 88 valence electrons. The van der Waals surface area contributed by atoms with Gasteiger partial charge in [-0.3, -0.25) is 4.98 Å². The first-order valence-electron chi connectivity index (χ1n) is 5.62. The molecule has 1 aromatic carbocycles. The van der Waals surface area contributed by atoms with Crippen LogP contribution in [0.3, 0.4) is 0 Å². The third kappa shape index (κ3) is 3.29. The van der Waals surface area contributed by atoms with Crippen LogP contribution in [-0.4, -0.2) is 12.0 Å². The van der Waals surface area contributed by atoms with Crippen molar-refractivity contribution in [3.8, 4) is 11.5 Å². The van der Waals surface area contributed by atoms with Crippen molar-refractivity contribution in [2.24, 2.45) is 0 Å². The summed E-state index contributed by atoms with van der Waals surface area (Å²) in [5.74, 6) is 1.67. The lowest BCUT2D eigenvalue weighted by Crippen LogP contribution is -2.04. The second-order valence-corrected chi connectivity index (χ2v) is 3.91. The Hall–Kier alpha value is -1.87. The summed E-state index contributed by atoms with van der Waals surface area (Å²) in [6, 6.07) is 11.8. The Labute approximate surface area is 101 Å². The first-order chi connectivity index (χ1) is 8.28. The van der Waals surface area contributed by atoms with E-state index >= 15 is 0 Å². The van der Waals surface area contributed by atoms with E-state index < -0.39 is 0 Å². The summed E-state index contributed by atoms with van der Waals surface area (Å²) in [5.41, 5.74) is 2.16. The first kappa shape index (κ1) is 11.6. The molecule has 1 heterocycles. The molecule has 0 bridgehead atoms. The maximum Gasteiger partial charge on any atom is 0.130 e. The summed E-state index contributed by atoms with van der Waals surface area (Å²) in [5, 5.41) is 3.12. The minimum atomic E-state index is 0.819. The second kappa shape index (κ2) is 5.46. The van der Waals surface area contributed by atoms with Gasteiger partial charge >= 0.3 is 0 Å². The van der Waals surface area contributed by atoms with Gasteiger partial charge in [0.05, 0.1) is 0 Å². The number of aromatic nitrogens is 1. The third-order valence-corrected chi connectivity index (χ3v) is 2.38. The van der Waals surface area contributed by atoms with Gasteiger partial charge in [0.1, 0.15) is 11.5 Å². The van der Waals surface area contributed by atoms with E-state index in [9.17, 15) is 0 Å². The van der Waals surface area contributed by atoms with Gasteiger partial charge in [-0.25, -0.2) is 0 Å². The molecule has 1 aromatic heterocycles. The highest BCUT2D eigenvalue weighted by molar-refractivity contribution is 5.33. The number of nitrogens with zero attached hydrogens (tertiary/aromatic N) is 1. The molecule has 1 N–H and O–H groups in total. The Morgan fingerprint density at radius 2 is 2.00 bits per heavy atom. The smallest absolute Gasteiger partial charge is 0.130 e. The summed E-state index contributed by atoms with van der Waals surface area (Å²) in [4.78, 5) is 4.14. The number of pyridine rings is 1. The summed E-state index contributed by atoms with van der Waals surface area (Å²) in [6.45, 7) is 2.79. The second-order valence-electron chi connectivity index (χ2n) is 3.91. The van der Waals surface area contributed by atoms with Gasteiger partial charge in [-0.05, 0) is 37.7 Å². The van der Waals surface area contributed by atoms with E-state index in [1.54, 1.807) is 6.20 Å². The van der Waals surface area contributed by atoms with Gasteiger partial charge in [-0.2, -0.15) is 0 Å². The van der Waals surface area contributed by atoms with E-state index in [4.69, 9.17) is 4.74 Å². The van der Waals surface area contributed by atoms with Crippen molar-refractivity contribution in [2.75, 3.05) is 7.05 Å². The lowest BCUT2D eigenvalue weighted by atomic mass is 10.2. The predicted molar refractivity (Wildman–Crippen MR) is 68.3 cm³/mol. The van der Waals surface area contributed by atoms with Gasteiger partial charge in [0, 0.05) is 24.5 Å². The average molecular weight is 228 g/mol. The molecular formula is C14H16N2O. The fourth-order valence-electron chi connectivity index (χ4n) is 1.64. The minimum Gasteiger partial charge on any atom is -0.457 e. The van der Waals surface area contributed by atoms with Gasteiger partial charge in [-0.1, -0.05) is 12.1 Å². The number of ether oxygens (including phenoxy) is 1. The highest BCUT2D eigenvalue weighted by Gasteiger charge is 1.99. The third-order valence-electron chi connectivity index (χ3n) is 2.38. The largest absolute Gasteiger partial charge is 0.457 e. The Kier molecular flexibility index (Phi) is 3.73. The van der Waals surface area contributed by atoms with Gasteiger partial charge in [0.15, 0.2) is 0 Å². The molecule has 0 saturated heterocycles. The number of hydrogen-bond acceptors (Lipinski definition) is 3. The Bertz CT molecular complexity index is 497. The van der Waals surface area contributed by atoms with Crippen LogP contribution >= 0.6 is 0 Å². The van der Waals surface area contributed by atoms with Crippen LogP contribution in [0.1, 0.15) is 11.3 Å². The van der Waals surface area contributed by atoms with E-state index in [0.29, 0.717) is 0 Å². The lowest BCUT2D eigenvalue weighted by Gasteiger charge is -2.07. The maximum absolute atomic E-state index is 5.78. The fourth-order valence-corrected chi connectivity index (χ4v) is 1.64. The number of rotatable bonds is 4. The molecular weight excluding hydrogens is 212 g/mol. The van der Waals surface area contributed by atoms with E-state index in [1.807, 2.05) is 44.3 Å². The molecule has 0 aliphatic heterocycles. The molecule has 0 amide bonds. The average Bonchev–Trinajstić information content (AvgIpc) is 2.30. The van der Waals surface area contributed by atoms with E-state index in [0.717, 1.165) is 23.7 Å². The van der Waals surface area contributed by atoms with Crippen molar-refractivity contribution in [1.82, 2.24) is 10.3 Å². The SMILES string of the molecule is CNCc1cccc(Oc2ccnc(C)c2)c1. The van der Waals surface area contributed by atoms with Crippen molar-refractivity contribution in [1.29, 1.82) is 0 Å². The van der Waals surface area contributed by atoms with Gasteiger partial charge in [-0.15, -0.1) is 0 Å². The highest BCUT2D eigenvalue weighted by Crippen LogP contribution is 2.22. The Morgan fingerprint density at radius 3 is 2.76 bits per heavy atom. The monoisotopic (exact) mass is 228 g/mol. The van der Waals surface area contributed by atoms with Crippen molar-refractivity contribution in [3.05, 3.63) is 53.9 Å². The molecule has 0 spiro atoms. The maximum atomic E-state index is 5.78. The standard InChI is InChI=1S/C14H16N2O/c1-11-8-14(6-7-16-11)17-13-5-3-4-12(9-13)10-15-2/h3-9,15H,10H2,1-2H3. The van der Waals surface area contributed by atoms with Crippen LogP contribution in [0.4, 0.5) is 0 Å². The summed E-state index contributed by atoms with van der Waals surface area (Å²) in [7, 11) is 1.93. The molecule has 3 heteroatoms. The van der Waals surface area contributed by atoms with Gasteiger partial charge in [0.25, 0.3) is 0 Å². The van der Waals surface area contributed by atoms with Crippen LogP contribution in [0, 0.1) is 6.92 Å². The number of aryl methyl sites for hydroxylation is 1. The quantitative estimate of drug-likeness (QED) is 0.873. The van der Waals surface area contributed by atoms with Crippen LogP contribution in [0.2, 0.25) is 0 Å². The molecule has 0 aliphatic rings. The van der Waals surface area contributed by atoms with Crippen LogP contribution in [0.5, 0.6) is 11.5 Å². The summed E-state index contributed by atoms with van der Waals surface area (Å²) >= 11 is 0. The Morgan fingerprint density at radius 1 is 1.18 bits per heavy atom. The van der Waals surface area contributed by atoms with Crippen molar-refractivity contribution < 1.29 is 4.74 Å². The minimum absolute atomic E-state index is 0.819. The van der Waals surface area contributed by atoms with E-state index in [-0.39, 0.29) is 0 Å². The van der Waals surface area contributed by atoms with Crippen LogP contribution in [-0.2, 0) is 6.54 Å². The molecule has 0 unspecified atom stereocenters. The molecule has 0 saturated carbocycles. The molecule has 17 heavy (non-hydrogen) atoms. The van der Waals surface area contributed by atoms with Crippen LogP contribution in [0.15, 0.2) is 42.6 Å².